The lowest BCUT2D eigenvalue weighted by Gasteiger charge is -2.49. The Labute approximate surface area is 225 Å². The van der Waals surface area contributed by atoms with E-state index in [4.69, 9.17) is 10.8 Å². The molecule has 38 heavy (non-hydrogen) atoms. The first-order valence-corrected chi connectivity index (χ1v) is 13.2. The predicted molar refractivity (Wildman–Crippen MR) is 133 cm³/mol. The maximum atomic E-state index is 13.0. The molecule has 1 unspecified atom stereocenters. The largest absolute Gasteiger partial charge is 0.479 e. The lowest BCUT2D eigenvalue weighted by molar-refractivity contribution is -0.150. The Bertz CT molecular complexity index is 1360. The summed E-state index contributed by atoms with van der Waals surface area (Å²) in [6.07, 6.45) is 1.62. The van der Waals surface area contributed by atoms with E-state index in [2.05, 4.69) is 46.8 Å². The molecule has 2 aromatic rings. The summed E-state index contributed by atoms with van der Waals surface area (Å²) in [7, 11) is 0. The summed E-state index contributed by atoms with van der Waals surface area (Å²) in [6, 6.07) is -1.09. The van der Waals surface area contributed by atoms with Crippen LogP contribution >= 0.6 is 35.1 Å². The zero-order valence-corrected chi connectivity index (χ0v) is 21.5. The van der Waals surface area contributed by atoms with Gasteiger partial charge in [0.25, 0.3) is 11.8 Å². The summed E-state index contributed by atoms with van der Waals surface area (Å²) in [5, 5.41) is 35.7. The molecule has 0 radical (unpaired) electrons. The van der Waals surface area contributed by atoms with Crippen molar-refractivity contribution in [3.63, 3.8) is 0 Å². The maximum Gasteiger partial charge on any atom is 0.352 e. The number of β-lactam (4-membered cyclic amide) rings is 1. The maximum absolute atomic E-state index is 13.0. The summed E-state index contributed by atoms with van der Waals surface area (Å²) >= 11 is 3.25. The third-order valence-corrected chi connectivity index (χ3v) is 7.85. The molecule has 2 atom stereocenters. The number of hydrogen-bond donors (Lipinski definition) is 4. The molecule has 5 N–H and O–H groups in total. The number of carboxylic acids is 2. The van der Waals surface area contributed by atoms with Crippen LogP contribution in [0.2, 0.25) is 0 Å². The third-order valence-electron chi connectivity index (χ3n) is 4.93. The van der Waals surface area contributed by atoms with Gasteiger partial charge in [0.2, 0.25) is 23.3 Å². The van der Waals surface area contributed by atoms with E-state index in [9.17, 15) is 24.3 Å². The molecule has 1 saturated heterocycles. The molecule has 2 aliphatic rings. The average molecular weight is 583 g/mol. The van der Waals surface area contributed by atoms with Crippen LogP contribution in [0.4, 0.5) is 5.13 Å². The van der Waals surface area contributed by atoms with Crippen LogP contribution in [0.1, 0.15) is 5.82 Å². The number of nitrogen functional groups attached to an aromatic ring is 1. The van der Waals surface area contributed by atoms with Crippen molar-refractivity contribution in [2.75, 3.05) is 23.8 Å². The molecule has 4 heterocycles. The van der Waals surface area contributed by atoms with Gasteiger partial charge in [-0.3, -0.25) is 14.5 Å². The number of tetrazole rings is 1. The van der Waals surface area contributed by atoms with E-state index < -0.39 is 47.5 Å². The Morgan fingerprint density at radius 3 is 2.82 bits per heavy atom. The number of nitrogens with one attached hydrogen (secondary N) is 1. The molecule has 17 nitrogen and oxygen atoms in total. The molecule has 0 spiro atoms. The van der Waals surface area contributed by atoms with Crippen molar-refractivity contribution in [3.8, 4) is 0 Å². The van der Waals surface area contributed by atoms with Crippen LogP contribution < -0.4 is 11.1 Å². The quantitative estimate of drug-likeness (QED) is 0.0741. The van der Waals surface area contributed by atoms with Crippen molar-refractivity contribution in [3.05, 3.63) is 29.7 Å². The number of anilines is 1. The fraction of sp³-hybridized carbons (Fsp3) is 0.333. The van der Waals surface area contributed by atoms with E-state index in [1.165, 1.54) is 28.2 Å². The number of amides is 2. The minimum absolute atomic E-state index is 0.0210. The van der Waals surface area contributed by atoms with Crippen LogP contribution in [0.15, 0.2) is 34.2 Å². The highest BCUT2D eigenvalue weighted by atomic mass is 32.2. The lowest BCUT2D eigenvalue weighted by Crippen LogP contribution is -2.71. The van der Waals surface area contributed by atoms with E-state index >= 15 is 0 Å². The SMILES string of the molecule is C=CCn1nnnc1SCC1=C(C(=O)O)N2C(=O)C(NC(=O)C(=NOCC(=O)O)c3nsc(N)n3)[C@@H]2SC1. The Kier molecular flexibility index (Phi) is 8.22. The molecule has 0 aromatic carbocycles. The molecular weight excluding hydrogens is 564 g/mol. The molecule has 1 fully saturated rings. The number of hydrogen-bond acceptors (Lipinski definition) is 15. The van der Waals surface area contributed by atoms with Crippen molar-refractivity contribution < 1.29 is 34.2 Å². The van der Waals surface area contributed by atoms with Crippen molar-refractivity contribution >= 4 is 69.7 Å². The molecule has 0 saturated carbocycles. The lowest BCUT2D eigenvalue weighted by atomic mass is 10.0. The summed E-state index contributed by atoms with van der Waals surface area (Å²) in [5.41, 5.74) is 5.38. The van der Waals surface area contributed by atoms with Gasteiger partial charge in [-0.05, 0) is 16.0 Å². The van der Waals surface area contributed by atoms with Crippen molar-refractivity contribution in [2.24, 2.45) is 5.16 Å². The van der Waals surface area contributed by atoms with E-state index in [0.717, 1.165) is 16.4 Å². The van der Waals surface area contributed by atoms with Crippen LogP contribution in [0.5, 0.6) is 0 Å². The van der Waals surface area contributed by atoms with Gasteiger partial charge in [-0.2, -0.15) is 9.36 Å². The van der Waals surface area contributed by atoms with Gasteiger partial charge in [0.1, 0.15) is 17.1 Å². The summed E-state index contributed by atoms with van der Waals surface area (Å²) in [4.78, 5) is 58.3. The number of aromatic nitrogens is 6. The minimum atomic E-state index is -1.33. The highest BCUT2D eigenvalue weighted by molar-refractivity contribution is 8.01. The van der Waals surface area contributed by atoms with Gasteiger partial charge in [0.15, 0.2) is 5.13 Å². The standard InChI is InChI=1S/C18H18N10O7S3/c1-2-3-27-18(22-25-26-27)37-6-7-5-36-15-10(14(32)28(15)11(7)16(33)34)20-13(31)9(23-35-4-8(29)30)12-21-17(19)38-24-12/h2,10,15H,1,3-6H2,(H,20,31)(H,29,30)(H,33,34)(H2,19,21,24)/t10?,15-/m0/s1. The van der Waals surface area contributed by atoms with Crippen LogP contribution in [-0.4, -0.2) is 104 Å². The Morgan fingerprint density at radius 2 is 2.16 bits per heavy atom. The molecule has 4 rings (SSSR count). The van der Waals surface area contributed by atoms with Gasteiger partial charge in [-0.25, -0.2) is 14.3 Å². The van der Waals surface area contributed by atoms with Gasteiger partial charge < -0.3 is 26.1 Å². The second-order valence-electron chi connectivity index (χ2n) is 7.40. The number of oxime groups is 1. The molecule has 2 amide bonds. The molecule has 2 aromatic heterocycles. The van der Waals surface area contributed by atoms with Gasteiger partial charge in [-0.15, -0.1) is 23.4 Å². The third kappa shape index (κ3) is 5.60. The van der Waals surface area contributed by atoms with Gasteiger partial charge in [-0.1, -0.05) is 23.0 Å². The van der Waals surface area contributed by atoms with E-state index in [-0.39, 0.29) is 28.2 Å². The number of nitrogens with two attached hydrogens (primary N) is 1. The number of aliphatic carboxylic acids is 2. The van der Waals surface area contributed by atoms with Gasteiger partial charge >= 0.3 is 11.9 Å². The Balaban J connectivity index is 1.49. The average Bonchev–Trinajstić information content (AvgIpc) is 3.51. The Hall–Kier alpha value is -4.04. The first-order valence-electron chi connectivity index (χ1n) is 10.4. The van der Waals surface area contributed by atoms with Crippen molar-refractivity contribution in [2.45, 2.75) is 23.1 Å². The normalized spacial score (nSPS) is 19.0. The van der Waals surface area contributed by atoms with E-state index in [1.807, 2.05) is 0 Å². The molecule has 2 aliphatic heterocycles. The number of thioether (sulfide) groups is 2. The second kappa shape index (κ2) is 11.6. The van der Waals surface area contributed by atoms with Crippen molar-refractivity contribution in [1.29, 1.82) is 0 Å². The second-order valence-corrected chi connectivity index (χ2v) is 10.2. The number of fused-ring (bicyclic) bond motifs is 1. The molecule has 200 valence electrons. The molecule has 0 aliphatic carbocycles. The monoisotopic (exact) mass is 582 g/mol. The van der Waals surface area contributed by atoms with Crippen LogP contribution in [-0.2, 0) is 30.6 Å². The fourth-order valence-electron chi connectivity index (χ4n) is 3.36. The molecule has 0 bridgehead atoms. The number of carbonyl (C=O) groups is 4. The first kappa shape index (κ1) is 27.0. The van der Waals surface area contributed by atoms with Crippen LogP contribution in [0.3, 0.4) is 0 Å². The van der Waals surface area contributed by atoms with Crippen LogP contribution in [0, 0.1) is 0 Å². The smallest absolute Gasteiger partial charge is 0.352 e. The Morgan fingerprint density at radius 1 is 1.37 bits per heavy atom. The fourth-order valence-corrected chi connectivity index (χ4v) is 6.17. The van der Waals surface area contributed by atoms with Crippen molar-refractivity contribution in [1.82, 2.24) is 39.8 Å². The summed E-state index contributed by atoms with van der Waals surface area (Å²) in [6.45, 7) is 3.17. The highest BCUT2D eigenvalue weighted by Gasteiger charge is 2.54. The van der Waals surface area contributed by atoms with Gasteiger partial charge in [0.05, 0.1) is 6.54 Å². The predicted octanol–water partition coefficient (Wildman–Crippen LogP) is -1.37. The van der Waals surface area contributed by atoms with E-state index in [0.29, 0.717) is 17.3 Å². The zero-order chi connectivity index (χ0) is 27.4. The van der Waals surface area contributed by atoms with Crippen LogP contribution in [0.25, 0.3) is 0 Å². The summed E-state index contributed by atoms with van der Waals surface area (Å²) < 4.78 is 5.37. The first-order chi connectivity index (χ1) is 18.2. The topological polar surface area (TPSA) is 241 Å². The minimum Gasteiger partial charge on any atom is -0.479 e. The number of carbonyl (C=O) groups excluding carboxylic acids is 2. The van der Waals surface area contributed by atoms with E-state index in [1.54, 1.807) is 6.08 Å². The summed E-state index contributed by atoms with van der Waals surface area (Å²) in [5.74, 6) is -3.94. The highest BCUT2D eigenvalue weighted by Crippen LogP contribution is 2.41. The number of allylic oxidation sites excluding steroid dienone is 1. The molecule has 20 heteroatoms. The van der Waals surface area contributed by atoms with Gasteiger partial charge in [0, 0.05) is 23.0 Å². The number of carboxylic acid groups (broad SMARTS) is 2. The zero-order valence-electron chi connectivity index (χ0n) is 19.1. The number of nitrogens with zero attached hydrogens (tertiary/aromatic N) is 8. The molecular formula is C18H18N10O7S3. The number of rotatable bonds is 12.